The van der Waals surface area contributed by atoms with Gasteiger partial charge in [-0.05, 0) is 53.3 Å². The Labute approximate surface area is 291 Å². The molecule has 8 nitrogen and oxygen atoms in total. The van der Waals surface area contributed by atoms with Gasteiger partial charge in [-0.25, -0.2) is 4.79 Å². The molecule has 50 heavy (non-hydrogen) atoms. The molecule has 0 aliphatic rings. The second kappa shape index (κ2) is 16.2. The maximum Gasteiger partial charge on any atom is 0.326 e. The third-order valence-electron chi connectivity index (χ3n) is 8.39. The molecule has 1 amide bonds. The van der Waals surface area contributed by atoms with Crippen LogP contribution in [0, 0.1) is 0 Å². The Bertz CT molecular complexity index is 2070. The smallest absolute Gasteiger partial charge is 0.326 e. The number of para-hydroxylation sites is 1. The molecule has 0 bridgehead atoms. The quantitative estimate of drug-likeness (QED) is 0.0857. The number of aromatic nitrogens is 1. The summed E-state index contributed by atoms with van der Waals surface area (Å²) >= 11 is 0. The highest BCUT2D eigenvalue weighted by atomic mass is 16.5. The van der Waals surface area contributed by atoms with E-state index < -0.39 is 12.0 Å². The first-order chi connectivity index (χ1) is 24.4. The fourth-order valence-electron chi connectivity index (χ4n) is 5.76. The summed E-state index contributed by atoms with van der Waals surface area (Å²) in [5, 5.41) is 15.0. The minimum atomic E-state index is -1.03. The van der Waals surface area contributed by atoms with Crippen molar-refractivity contribution in [3.63, 3.8) is 0 Å². The van der Waals surface area contributed by atoms with Gasteiger partial charge in [-0.3, -0.25) is 14.6 Å². The van der Waals surface area contributed by atoms with Gasteiger partial charge in [-0.15, -0.1) is 0 Å². The van der Waals surface area contributed by atoms with Gasteiger partial charge in [0.1, 0.15) is 17.5 Å². The predicted molar refractivity (Wildman–Crippen MR) is 195 cm³/mol. The van der Waals surface area contributed by atoms with Gasteiger partial charge >= 0.3 is 5.97 Å². The molecule has 0 aliphatic carbocycles. The summed E-state index contributed by atoms with van der Waals surface area (Å²) in [6.45, 7) is 1.31. The Hall–Kier alpha value is -6.28. The zero-order valence-electron chi connectivity index (χ0n) is 27.4. The number of anilines is 1. The van der Waals surface area contributed by atoms with Crippen molar-refractivity contribution in [1.82, 2.24) is 9.88 Å². The summed E-state index contributed by atoms with van der Waals surface area (Å²) in [5.41, 5.74) is 3.62. The van der Waals surface area contributed by atoms with Gasteiger partial charge in [0.15, 0.2) is 5.78 Å². The third-order valence-corrected chi connectivity index (χ3v) is 8.39. The second-order valence-electron chi connectivity index (χ2n) is 12.0. The normalized spacial score (nSPS) is 11.4. The van der Waals surface area contributed by atoms with E-state index in [-0.39, 0.29) is 18.1 Å². The average Bonchev–Trinajstić information content (AvgIpc) is 3.16. The molecule has 6 rings (SSSR count). The van der Waals surface area contributed by atoms with Crippen molar-refractivity contribution in [1.29, 1.82) is 0 Å². The molecule has 1 aromatic heterocycles. The molecule has 1 unspecified atom stereocenters. The lowest BCUT2D eigenvalue weighted by Crippen LogP contribution is -2.33. The highest BCUT2D eigenvalue weighted by Gasteiger charge is 2.22. The summed E-state index contributed by atoms with van der Waals surface area (Å²) in [5.74, 6) is -0.708. The van der Waals surface area contributed by atoms with E-state index in [4.69, 9.17) is 4.74 Å². The summed E-state index contributed by atoms with van der Waals surface area (Å²) in [7, 11) is 0. The number of carbonyl (C=O) groups excluding carboxylic acids is 2. The van der Waals surface area contributed by atoms with Crippen LogP contribution in [0.3, 0.4) is 0 Å². The molecule has 2 N–H and O–H groups in total. The maximum atomic E-state index is 13.6. The highest BCUT2D eigenvalue weighted by Crippen LogP contribution is 2.22. The number of rotatable bonds is 15. The number of hydrogen-bond donors (Lipinski definition) is 2. The number of pyridine rings is 1. The number of fused-ring (bicyclic) bond motifs is 1. The highest BCUT2D eigenvalue weighted by molar-refractivity contribution is 6.12. The van der Waals surface area contributed by atoms with Crippen LogP contribution in [0.15, 0.2) is 146 Å². The lowest BCUT2D eigenvalue weighted by atomic mass is 10.00. The van der Waals surface area contributed by atoms with E-state index >= 15 is 0 Å². The standard InChI is InChI=1S/C42H37N3O5/c46-40(32-14-5-2-6-15-32)36-18-9-10-19-37(36)44-39(42(48)49)26-30-20-22-35(23-21-30)50-25-11-24-45(29-31-12-3-1-4-13-31)41(47)38-27-33-16-7-8-17-34(33)28-43-38/h1-10,12-23,27-28,39,44H,11,24-26,29H2,(H,48,49). The van der Waals surface area contributed by atoms with Crippen LogP contribution in [0.1, 0.15) is 44.0 Å². The zero-order valence-corrected chi connectivity index (χ0v) is 27.4. The minimum Gasteiger partial charge on any atom is -0.494 e. The fraction of sp³-hybridized carbons (Fsp3) is 0.143. The predicted octanol–water partition coefficient (Wildman–Crippen LogP) is 7.69. The molecule has 0 spiro atoms. The molecule has 0 fully saturated rings. The number of carboxylic acids is 1. The monoisotopic (exact) mass is 663 g/mol. The minimum absolute atomic E-state index is 0.141. The largest absolute Gasteiger partial charge is 0.494 e. The summed E-state index contributed by atoms with van der Waals surface area (Å²) in [4.78, 5) is 45.3. The van der Waals surface area contributed by atoms with Crippen LogP contribution < -0.4 is 10.1 Å². The van der Waals surface area contributed by atoms with Crippen molar-refractivity contribution >= 4 is 34.1 Å². The number of aliphatic carboxylic acids is 1. The van der Waals surface area contributed by atoms with E-state index in [1.54, 1.807) is 59.6 Å². The molecule has 0 radical (unpaired) electrons. The molecule has 0 saturated heterocycles. The third kappa shape index (κ3) is 8.59. The van der Waals surface area contributed by atoms with Gasteiger partial charge in [0.25, 0.3) is 5.91 Å². The Morgan fingerprint density at radius 3 is 2.14 bits per heavy atom. The molecule has 6 aromatic rings. The van der Waals surface area contributed by atoms with Gasteiger partial charge in [-0.2, -0.15) is 0 Å². The van der Waals surface area contributed by atoms with E-state index in [0.29, 0.717) is 54.4 Å². The van der Waals surface area contributed by atoms with Crippen molar-refractivity contribution in [2.24, 2.45) is 0 Å². The Balaban J connectivity index is 1.06. The lowest BCUT2D eigenvalue weighted by Gasteiger charge is -2.23. The van der Waals surface area contributed by atoms with Gasteiger partial charge < -0.3 is 20.1 Å². The van der Waals surface area contributed by atoms with Crippen LogP contribution in [0.25, 0.3) is 10.8 Å². The molecular formula is C42H37N3O5. The molecule has 8 heteroatoms. The Kier molecular flexibility index (Phi) is 10.9. The first-order valence-electron chi connectivity index (χ1n) is 16.5. The number of benzene rings is 5. The molecule has 1 heterocycles. The molecule has 0 aliphatic heterocycles. The van der Waals surface area contributed by atoms with E-state index in [9.17, 15) is 19.5 Å². The van der Waals surface area contributed by atoms with Crippen molar-refractivity contribution < 1.29 is 24.2 Å². The zero-order chi connectivity index (χ0) is 34.7. The molecule has 1 atom stereocenters. The Morgan fingerprint density at radius 2 is 1.40 bits per heavy atom. The topological polar surface area (TPSA) is 109 Å². The van der Waals surface area contributed by atoms with Crippen molar-refractivity contribution in [3.05, 3.63) is 174 Å². The van der Waals surface area contributed by atoms with Crippen LogP contribution in [0.5, 0.6) is 5.75 Å². The second-order valence-corrected chi connectivity index (χ2v) is 12.0. The SMILES string of the molecule is O=C(c1ccccc1)c1ccccc1NC(Cc1ccc(OCCCN(Cc2ccccc2)C(=O)c2cc3ccccc3cn2)cc1)C(=O)O. The summed E-state index contributed by atoms with van der Waals surface area (Å²) < 4.78 is 6.01. The first kappa shape index (κ1) is 33.6. The van der Waals surface area contributed by atoms with Crippen LogP contribution in [0.4, 0.5) is 5.69 Å². The molecule has 0 saturated carbocycles. The van der Waals surface area contributed by atoms with Crippen molar-refractivity contribution in [2.45, 2.75) is 25.4 Å². The van der Waals surface area contributed by atoms with Crippen molar-refractivity contribution in [3.8, 4) is 5.75 Å². The van der Waals surface area contributed by atoms with Crippen LogP contribution in [-0.2, 0) is 17.8 Å². The number of ketones is 1. The number of carboxylic acid groups (broad SMARTS) is 1. The van der Waals surface area contributed by atoms with Gasteiger partial charge in [0.2, 0.25) is 0 Å². The summed E-state index contributed by atoms with van der Waals surface area (Å²) in [6, 6.07) is 41.7. The molecule has 250 valence electrons. The molecular weight excluding hydrogens is 626 g/mol. The van der Waals surface area contributed by atoms with Gasteiger partial charge in [0.05, 0.1) is 6.61 Å². The lowest BCUT2D eigenvalue weighted by molar-refractivity contribution is -0.137. The molecule has 5 aromatic carbocycles. The maximum absolute atomic E-state index is 13.6. The fourth-order valence-corrected chi connectivity index (χ4v) is 5.76. The van der Waals surface area contributed by atoms with Gasteiger partial charge in [0, 0.05) is 47.9 Å². The number of ether oxygens (including phenoxy) is 1. The van der Waals surface area contributed by atoms with Gasteiger partial charge in [-0.1, -0.05) is 109 Å². The van der Waals surface area contributed by atoms with Crippen LogP contribution >= 0.6 is 0 Å². The Morgan fingerprint density at radius 1 is 0.740 bits per heavy atom. The van der Waals surface area contributed by atoms with Crippen LogP contribution in [-0.4, -0.2) is 51.8 Å². The number of nitrogens with zero attached hydrogens (tertiary/aromatic N) is 2. The van der Waals surface area contributed by atoms with Crippen LogP contribution in [0.2, 0.25) is 0 Å². The van der Waals surface area contributed by atoms with Crippen molar-refractivity contribution in [2.75, 3.05) is 18.5 Å². The van der Waals surface area contributed by atoms with E-state index in [1.165, 1.54) is 0 Å². The van der Waals surface area contributed by atoms with E-state index in [1.807, 2.05) is 91.0 Å². The number of nitrogens with one attached hydrogen (secondary N) is 1. The van der Waals surface area contributed by atoms with E-state index in [0.717, 1.165) is 21.9 Å². The van der Waals surface area contributed by atoms with E-state index in [2.05, 4.69) is 10.3 Å². The average molecular weight is 664 g/mol. The number of carbonyl (C=O) groups is 3. The summed E-state index contributed by atoms with van der Waals surface area (Å²) in [6.07, 6.45) is 2.53. The number of hydrogen-bond acceptors (Lipinski definition) is 6. The number of amides is 1. The first-order valence-corrected chi connectivity index (χ1v) is 16.5.